The highest BCUT2D eigenvalue weighted by Crippen LogP contribution is 2.35. The minimum Gasteiger partial charge on any atom is -0.492 e. The molecule has 46 heavy (non-hydrogen) atoms. The first-order valence-electron chi connectivity index (χ1n) is 15.4. The van der Waals surface area contributed by atoms with E-state index < -0.39 is 17.9 Å². The van der Waals surface area contributed by atoms with Crippen molar-refractivity contribution in [1.82, 2.24) is 20.2 Å². The average molecular weight is 634 g/mol. The van der Waals surface area contributed by atoms with E-state index in [1.807, 2.05) is 42.9 Å². The van der Waals surface area contributed by atoms with E-state index in [1.54, 1.807) is 18.2 Å². The SMILES string of the molecule is NC(=O)C(Cc1ccc(Cl)cc1)NC(=O)c1cccc2c1OCCC2NCc1cncn1Cc1ccc(Cc2ccccc2)cc1. The van der Waals surface area contributed by atoms with Gasteiger partial charge in [0.2, 0.25) is 5.91 Å². The maximum Gasteiger partial charge on any atom is 0.255 e. The van der Waals surface area contributed by atoms with Crippen molar-refractivity contribution in [2.24, 2.45) is 5.73 Å². The van der Waals surface area contributed by atoms with E-state index in [0.29, 0.717) is 36.0 Å². The highest BCUT2D eigenvalue weighted by Gasteiger charge is 2.28. The van der Waals surface area contributed by atoms with Gasteiger partial charge in [0.15, 0.2) is 0 Å². The normalized spacial score (nSPS) is 14.6. The van der Waals surface area contributed by atoms with E-state index in [0.717, 1.165) is 29.7 Å². The lowest BCUT2D eigenvalue weighted by Crippen LogP contribution is -2.46. The molecule has 1 aliphatic heterocycles. The molecular formula is C37H36ClN5O3. The van der Waals surface area contributed by atoms with E-state index in [-0.39, 0.29) is 12.5 Å². The number of nitrogens with one attached hydrogen (secondary N) is 2. The molecule has 0 saturated heterocycles. The van der Waals surface area contributed by atoms with Crippen LogP contribution in [0.3, 0.4) is 0 Å². The molecule has 6 rings (SSSR count). The number of hydrogen-bond donors (Lipinski definition) is 3. The second-order valence-corrected chi connectivity index (χ2v) is 12.0. The summed E-state index contributed by atoms with van der Waals surface area (Å²) in [5.74, 6) is -0.515. The van der Waals surface area contributed by atoms with Crippen molar-refractivity contribution in [3.05, 3.63) is 154 Å². The van der Waals surface area contributed by atoms with Gasteiger partial charge in [-0.15, -0.1) is 0 Å². The molecular weight excluding hydrogens is 598 g/mol. The Labute approximate surface area is 273 Å². The molecule has 2 amide bonds. The number of primary amides is 1. The number of halogens is 1. The molecule has 0 fully saturated rings. The third kappa shape index (κ3) is 7.65. The van der Waals surface area contributed by atoms with Gasteiger partial charge in [-0.25, -0.2) is 4.98 Å². The number of amides is 2. The van der Waals surface area contributed by atoms with Gasteiger partial charge in [-0.3, -0.25) is 9.59 Å². The van der Waals surface area contributed by atoms with Crippen molar-refractivity contribution >= 4 is 23.4 Å². The predicted octanol–water partition coefficient (Wildman–Crippen LogP) is 5.62. The van der Waals surface area contributed by atoms with Gasteiger partial charge in [-0.1, -0.05) is 90.5 Å². The van der Waals surface area contributed by atoms with Gasteiger partial charge in [-0.2, -0.15) is 0 Å². The van der Waals surface area contributed by atoms with Crippen LogP contribution in [0.4, 0.5) is 0 Å². The molecule has 0 spiro atoms. The van der Waals surface area contributed by atoms with Gasteiger partial charge in [0.05, 0.1) is 24.2 Å². The highest BCUT2D eigenvalue weighted by molar-refractivity contribution is 6.30. The van der Waals surface area contributed by atoms with Gasteiger partial charge in [-0.05, 0) is 46.9 Å². The molecule has 0 aliphatic carbocycles. The van der Waals surface area contributed by atoms with Crippen molar-refractivity contribution < 1.29 is 14.3 Å². The van der Waals surface area contributed by atoms with Crippen LogP contribution in [0.5, 0.6) is 5.75 Å². The Morgan fingerprint density at radius 2 is 1.63 bits per heavy atom. The second kappa shape index (κ2) is 14.5. The standard InChI is InChI=1S/C37H36ClN5O3/c38-29-15-13-27(14-16-29)20-34(36(39)44)42-37(45)32-8-4-7-31-33(17-18-46-35(31)32)41-22-30-21-40-24-43(30)23-28-11-9-26(10-12-28)19-25-5-2-1-3-6-25/h1-16,21,24,33-34,41H,17-20,22-23H2,(H2,39,44)(H,42,45). The van der Waals surface area contributed by atoms with E-state index in [9.17, 15) is 9.59 Å². The van der Waals surface area contributed by atoms with Gasteiger partial charge in [0, 0.05) is 48.8 Å². The van der Waals surface area contributed by atoms with Crippen molar-refractivity contribution in [2.45, 2.75) is 44.4 Å². The molecule has 0 radical (unpaired) electrons. The molecule has 0 saturated carbocycles. The Morgan fingerprint density at radius 3 is 2.39 bits per heavy atom. The lowest BCUT2D eigenvalue weighted by molar-refractivity contribution is -0.119. The summed E-state index contributed by atoms with van der Waals surface area (Å²) >= 11 is 5.99. The largest absolute Gasteiger partial charge is 0.492 e. The van der Waals surface area contributed by atoms with Crippen molar-refractivity contribution in [3.8, 4) is 5.75 Å². The summed E-state index contributed by atoms with van der Waals surface area (Å²) in [5, 5.41) is 7.04. The smallest absolute Gasteiger partial charge is 0.255 e. The van der Waals surface area contributed by atoms with Crippen LogP contribution in [0.2, 0.25) is 5.02 Å². The Morgan fingerprint density at radius 1 is 0.913 bits per heavy atom. The molecule has 1 aromatic heterocycles. The second-order valence-electron chi connectivity index (χ2n) is 11.5. The number of benzene rings is 4. The molecule has 234 valence electrons. The summed E-state index contributed by atoms with van der Waals surface area (Å²) in [4.78, 5) is 30.1. The molecule has 2 heterocycles. The van der Waals surface area contributed by atoms with Crippen molar-refractivity contribution in [1.29, 1.82) is 0 Å². The molecule has 2 atom stereocenters. The third-order valence-electron chi connectivity index (χ3n) is 8.28. The quantitative estimate of drug-likeness (QED) is 0.165. The van der Waals surface area contributed by atoms with Crippen LogP contribution < -0.4 is 21.1 Å². The van der Waals surface area contributed by atoms with Crippen LogP contribution in [0.1, 0.15) is 56.3 Å². The van der Waals surface area contributed by atoms with Crippen LogP contribution in [0.25, 0.3) is 0 Å². The molecule has 4 aromatic carbocycles. The number of nitrogens with zero attached hydrogens (tertiary/aromatic N) is 2. The monoisotopic (exact) mass is 633 g/mol. The first kappa shape index (κ1) is 31.1. The summed E-state index contributed by atoms with van der Waals surface area (Å²) in [7, 11) is 0. The molecule has 2 unspecified atom stereocenters. The number of para-hydroxylation sites is 1. The number of aromatic nitrogens is 2. The highest BCUT2D eigenvalue weighted by atomic mass is 35.5. The number of fused-ring (bicyclic) bond motifs is 1. The number of imidazole rings is 1. The van der Waals surface area contributed by atoms with Crippen molar-refractivity contribution in [2.75, 3.05) is 6.61 Å². The lowest BCUT2D eigenvalue weighted by Gasteiger charge is -2.28. The molecule has 8 nitrogen and oxygen atoms in total. The summed E-state index contributed by atoms with van der Waals surface area (Å²) in [5.41, 5.74) is 12.6. The number of hydrogen-bond acceptors (Lipinski definition) is 5. The molecule has 9 heteroatoms. The fourth-order valence-electron chi connectivity index (χ4n) is 5.79. The number of nitrogens with two attached hydrogens (primary N) is 1. The number of ether oxygens (including phenoxy) is 1. The third-order valence-corrected chi connectivity index (χ3v) is 8.53. The van der Waals surface area contributed by atoms with Gasteiger partial charge in [0.1, 0.15) is 11.8 Å². The summed E-state index contributed by atoms with van der Waals surface area (Å²) < 4.78 is 8.16. The molecule has 0 bridgehead atoms. The zero-order chi connectivity index (χ0) is 31.9. The number of carbonyl (C=O) groups excluding carboxylic acids is 2. The minimum absolute atomic E-state index is 0.0295. The minimum atomic E-state index is -0.887. The van der Waals surface area contributed by atoms with Gasteiger partial charge < -0.3 is 25.7 Å². The van der Waals surface area contributed by atoms with E-state index in [2.05, 4.69) is 68.7 Å². The first-order chi connectivity index (χ1) is 22.4. The Kier molecular flexibility index (Phi) is 9.76. The molecule has 5 aromatic rings. The summed E-state index contributed by atoms with van der Waals surface area (Å²) in [6.45, 7) is 1.76. The first-order valence-corrected chi connectivity index (χ1v) is 15.7. The van der Waals surface area contributed by atoms with Crippen molar-refractivity contribution in [3.63, 3.8) is 0 Å². The predicted molar refractivity (Wildman–Crippen MR) is 179 cm³/mol. The Bertz CT molecular complexity index is 1790. The number of carbonyl (C=O) groups is 2. The van der Waals surface area contributed by atoms with Gasteiger partial charge >= 0.3 is 0 Å². The fourth-order valence-corrected chi connectivity index (χ4v) is 5.91. The maximum atomic E-state index is 13.4. The van der Waals surface area contributed by atoms with Crippen LogP contribution in [0.15, 0.2) is 110 Å². The Balaban J connectivity index is 1.10. The maximum absolute atomic E-state index is 13.4. The summed E-state index contributed by atoms with van der Waals surface area (Å²) in [6.07, 6.45) is 5.64. The topological polar surface area (TPSA) is 111 Å². The Hall–Kier alpha value is -4.92. The molecule has 4 N–H and O–H groups in total. The van der Waals surface area contributed by atoms with E-state index in [4.69, 9.17) is 22.1 Å². The average Bonchev–Trinajstić information content (AvgIpc) is 3.52. The van der Waals surface area contributed by atoms with Crippen LogP contribution >= 0.6 is 11.6 Å². The van der Waals surface area contributed by atoms with Crippen LogP contribution in [0, 0.1) is 0 Å². The van der Waals surface area contributed by atoms with E-state index >= 15 is 0 Å². The van der Waals surface area contributed by atoms with Crippen LogP contribution in [-0.4, -0.2) is 34.0 Å². The van der Waals surface area contributed by atoms with E-state index in [1.165, 1.54) is 16.7 Å². The van der Waals surface area contributed by atoms with Gasteiger partial charge in [0.25, 0.3) is 5.91 Å². The zero-order valence-electron chi connectivity index (χ0n) is 25.4. The summed E-state index contributed by atoms with van der Waals surface area (Å²) in [6, 6.07) is 30.9. The number of rotatable bonds is 12. The zero-order valence-corrected chi connectivity index (χ0v) is 26.1. The molecule has 1 aliphatic rings. The lowest BCUT2D eigenvalue weighted by atomic mass is 9.96. The van der Waals surface area contributed by atoms with Crippen LogP contribution in [-0.2, 0) is 30.7 Å². The fraction of sp³-hybridized carbons (Fsp3) is 0.216.